The number of rotatable bonds is 3. The van der Waals surface area contributed by atoms with Crippen molar-refractivity contribution in [3.63, 3.8) is 0 Å². The third kappa shape index (κ3) is 2.89. The summed E-state index contributed by atoms with van der Waals surface area (Å²) in [6, 6.07) is 18.4. The van der Waals surface area contributed by atoms with Gasteiger partial charge in [-0.2, -0.15) is 10.5 Å². The first-order valence-corrected chi connectivity index (χ1v) is 8.58. The highest BCUT2D eigenvalue weighted by Gasteiger charge is 2.29. The number of nitrogens with zero attached hydrogens (tertiary/aromatic N) is 3. The molecule has 5 heteroatoms. The molecule has 0 aliphatic carbocycles. The molecule has 1 aliphatic heterocycles. The van der Waals surface area contributed by atoms with Crippen LogP contribution in [0.1, 0.15) is 16.7 Å². The summed E-state index contributed by atoms with van der Waals surface area (Å²) in [5.74, 6) is 0. The molecule has 0 radical (unpaired) electrons. The van der Waals surface area contributed by atoms with Crippen molar-refractivity contribution in [1.82, 2.24) is 0 Å². The van der Waals surface area contributed by atoms with Gasteiger partial charge < -0.3 is 4.55 Å². The van der Waals surface area contributed by atoms with Crippen LogP contribution in [0.15, 0.2) is 69.5 Å². The largest absolute Gasteiger partial charge is 0.338 e. The molecule has 0 saturated carbocycles. The summed E-state index contributed by atoms with van der Waals surface area (Å²) in [5.41, 5.74) is 3.78. The van der Waals surface area contributed by atoms with Crippen LogP contribution in [-0.4, -0.2) is 10.1 Å². The zero-order valence-electron chi connectivity index (χ0n) is 12.2. The van der Waals surface area contributed by atoms with Crippen LogP contribution in [0.25, 0.3) is 0 Å². The van der Waals surface area contributed by atoms with E-state index >= 15 is 0 Å². The van der Waals surface area contributed by atoms with Gasteiger partial charge in [-0.25, -0.2) is 0 Å². The Kier molecular flexibility index (Phi) is 3.99. The number of nitriles is 2. The summed E-state index contributed by atoms with van der Waals surface area (Å²) < 4.78 is 11.1. The van der Waals surface area contributed by atoms with Crippen LogP contribution < -0.4 is 0 Å². The third-order valence-electron chi connectivity index (χ3n) is 3.64. The SMILES string of the molecule is N#Cc1ccc(CC2=CN=CS2(O)c2ccc(C#N)cc2)cc1. The summed E-state index contributed by atoms with van der Waals surface area (Å²) >= 11 is 0. The van der Waals surface area contributed by atoms with Gasteiger partial charge in [0.25, 0.3) is 0 Å². The molecule has 1 unspecified atom stereocenters. The minimum Gasteiger partial charge on any atom is -0.338 e. The van der Waals surface area contributed by atoms with Gasteiger partial charge in [0.05, 0.1) is 28.8 Å². The van der Waals surface area contributed by atoms with Crippen molar-refractivity contribution in [1.29, 1.82) is 10.5 Å². The smallest absolute Gasteiger partial charge is 0.0991 e. The van der Waals surface area contributed by atoms with Crippen LogP contribution in [0.5, 0.6) is 0 Å². The van der Waals surface area contributed by atoms with E-state index in [-0.39, 0.29) is 0 Å². The highest BCUT2D eigenvalue weighted by atomic mass is 32.3. The first-order valence-electron chi connectivity index (χ1n) is 6.93. The van der Waals surface area contributed by atoms with Gasteiger partial charge in [0.1, 0.15) is 0 Å². The standard InChI is InChI=1S/C18H13N3OS/c19-10-15-3-1-14(2-4-15)9-18-12-21-13-23(18,22)17-7-5-16(11-20)6-8-17/h1-8,12-13,22H,9H2. The second-order valence-electron chi connectivity index (χ2n) is 5.10. The Labute approximate surface area is 136 Å². The van der Waals surface area contributed by atoms with E-state index in [1.807, 2.05) is 12.1 Å². The van der Waals surface area contributed by atoms with Crippen LogP contribution in [0, 0.1) is 22.7 Å². The van der Waals surface area contributed by atoms with Gasteiger partial charge in [0.15, 0.2) is 0 Å². The van der Waals surface area contributed by atoms with E-state index in [1.54, 1.807) is 48.1 Å². The molecule has 112 valence electrons. The molecule has 2 aromatic carbocycles. The zero-order valence-corrected chi connectivity index (χ0v) is 13.0. The van der Waals surface area contributed by atoms with Crippen LogP contribution >= 0.6 is 10.3 Å². The van der Waals surface area contributed by atoms with Crippen molar-refractivity contribution in [2.75, 3.05) is 0 Å². The number of hydrogen-bond acceptors (Lipinski definition) is 4. The molecule has 1 N–H and O–H groups in total. The predicted octanol–water partition coefficient (Wildman–Crippen LogP) is 4.19. The van der Waals surface area contributed by atoms with E-state index < -0.39 is 10.3 Å². The minimum atomic E-state index is -2.27. The maximum Gasteiger partial charge on any atom is 0.0991 e. The lowest BCUT2D eigenvalue weighted by molar-refractivity contribution is 0.643. The van der Waals surface area contributed by atoms with Gasteiger partial charge in [0.2, 0.25) is 0 Å². The van der Waals surface area contributed by atoms with Gasteiger partial charge in [-0.05, 0) is 52.3 Å². The Morgan fingerprint density at radius 1 is 0.913 bits per heavy atom. The molecule has 4 nitrogen and oxygen atoms in total. The van der Waals surface area contributed by atoms with Gasteiger partial charge in [-0.3, -0.25) is 4.99 Å². The van der Waals surface area contributed by atoms with E-state index in [0.29, 0.717) is 17.5 Å². The van der Waals surface area contributed by atoms with E-state index in [2.05, 4.69) is 17.1 Å². The second-order valence-corrected chi connectivity index (χ2v) is 7.56. The second kappa shape index (κ2) is 6.10. The fourth-order valence-corrected chi connectivity index (χ4v) is 4.31. The first kappa shape index (κ1) is 15.1. The molecule has 0 spiro atoms. The molecular weight excluding hydrogens is 306 g/mol. The lowest BCUT2D eigenvalue weighted by Crippen LogP contribution is -2.04. The predicted molar refractivity (Wildman–Crippen MR) is 91.1 cm³/mol. The highest BCUT2D eigenvalue weighted by molar-refractivity contribution is 8.42. The van der Waals surface area contributed by atoms with Gasteiger partial charge in [0, 0.05) is 22.4 Å². The summed E-state index contributed by atoms with van der Waals surface area (Å²) in [6.45, 7) is 0. The average molecular weight is 319 g/mol. The molecule has 0 fully saturated rings. The normalized spacial score (nSPS) is 21.8. The van der Waals surface area contributed by atoms with Crippen LogP contribution in [0.2, 0.25) is 0 Å². The van der Waals surface area contributed by atoms with Crippen molar-refractivity contribution in [3.05, 3.63) is 76.3 Å². The Hall–Kier alpha value is -2.86. The lowest BCUT2D eigenvalue weighted by Gasteiger charge is -2.29. The average Bonchev–Trinajstić information content (AvgIpc) is 2.97. The van der Waals surface area contributed by atoms with Gasteiger partial charge >= 0.3 is 0 Å². The highest BCUT2D eigenvalue weighted by Crippen LogP contribution is 2.59. The number of aliphatic imine (C=N–C) groups is 1. The maximum absolute atomic E-state index is 11.1. The van der Waals surface area contributed by atoms with E-state index in [0.717, 1.165) is 15.4 Å². The van der Waals surface area contributed by atoms with Crippen molar-refractivity contribution in [2.24, 2.45) is 4.99 Å². The molecule has 1 heterocycles. The van der Waals surface area contributed by atoms with Crippen LogP contribution in [-0.2, 0) is 6.42 Å². The van der Waals surface area contributed by atoms with Crippen LogP contribution in [0.3, 0.4) is 0 Å². The Morgan fingerprint density at radius 2 is 1.48 bits per heavy atom. The van der Waals surface area contributed by atoms with E-state index in [1.165, 1.54) is 0 Å². The van der Waals surface area contributed by atoms with E-state index in [9.17, 15) is 4.55 Å². The van der Waals surface area contributed by atoms with Crippen molar-refractivity contribution < 1.29 is 4.55 Å². The molecule has 0 amide bonds. The summed E-state index contributed by atoms with van der Waals surface area (Å²) in [5, 5.41) is 17.7. The molecule has 0 bridgehead atoms. The van der Waals surface area contributed by atoms with Gasteiger partial charge in [-0.1, -0.05) is 12.1 Å². The minimum absolute atomic E-state index is 0.560. The molecule has 23 heavy (non-hydrogen) atoms. The summed E-state index contributed by atoms with van der Waals surface area (Å²) in [4.78, 5) is 5.75. The first-order chi connectivity index (χ1) is 11.2. The van der Waals surface area contributed by atoms with Crippen molar-refractivity contribution >= 4 is 15.9 Å². The molecular formula is C18H13N3OS. The molecule has 2 aromatic rings. The Morgan fingerprint density at radius 3 is 2.04 bits per heavy atom. The third-order valence-corrected chi connectivity index (χ3v) is 6.10. The maximum atomic E-state index is 11.1. The van der Waals surface area contributed by atoms with Crippen molar-refractivity contribution in [3.8, 4) is 12.1 Å². The lowest BCUT2D eigenvalue weighted by atomic mass is 10.1. The fraction of sp³-hybridized carbons (Fsp3) is 0.0556. The number of hydrogen-bond donors (Lipinski definition) is 1. The number of allylic oxidation sites excluding steroid dienone is 1. The molecule has 0 saturated heterocycles. The molecule has 3 rings (SSSR count). The zero-order chi connectivity index (χ0) is 16.3. The number of benzene rings is 2. The summed E-state index contributed by atoms with van der Waals surface area (Å²) in [6.07, 6.45) is 2.27. The van der Waals surface area contributed by atoms with E-state index in [4.69, 9.17) is 10.5 Å². The Balaban J connectivity index is 1.87. The van der Waals surface area contributed by atoms with Crippen molar-refractivity contribution in [2.45, 2.75) is 11.3 Å². The quantitative estimate of drug-likeness (QED) is 0.921. The summed E-state index contributed by atoms with van der Waals surface area (Å²) in [7, 11) is -2.27. The Bertz CT molecular complexity index is 870. The topological polar surface area (TPSA) is 80.2 Å². The van der Waals surface area contributed by atoms with Gasteiger partial charge in [-0.15, -0.1) is 0 Å². The fourth-order valence-electron chi connectivity index (χ4n) is 2.35. The monoisotopic (exact) mass is 319 g/mol. The molecule has 0 aromatic heterocycles. The van der Waals surface area contributed by atoms with Crippen LogP contribution in [0.4, 0.5) is 0 Å². The molecule has 1 atom stereocenters. The molecule has 1 aliphatic rings.